The van der Waals surface area contributed by atoms with Crippen LogP contribution in [0.15, 0.2) is 101 Å². The quantitative estimate of drug-likeness (QED) is 0.128. The van der Waals surface area contributed by atoms with Gasteiger partial charge < -0.3 is 14.2 Å². The normalized spacial score (nSPS) is 11.2. The average Bonchev–Trinajstić information content (AvgIpc) is 3.03. The number of nitrogens with one attached hydrogen (secondary N) is 1. The molecule has 0 atom stereocenters. The first-order chi connectivity index (χ1) is 21.1. The Bertz CT molecular complexity index is 1750. The highest BCUT2D eigenvalue weighted by atomic mass is 32.2. The number of anilines is 1. The fourth-order valence-electron chi connectivity index (χ4n) is 3.90. The zero-order valence-corrected chi connectivity index (χ0v) is 24.4. The zero-order valence-electron chi connectivity index (χ0n) is 23.5. The lowest BCUT2D eigenvalue weighted by atomic mass is 10.2. The number of rotatable bonds is 13. The van der Waals surface area contributed by atoms with Crippen LogP contribution in [0.3, 0.4) is 0 Å². The van der Waals surface area contributed by atoms with Gasteiger partial charge >= 0.3 is 0 Å². The van der Waals surface area contributed by atoms with Crippen molar-refractivity contribution in [1.29, 1.82) is 0 Å². The Morgan fingerprint density at radius 1 is 0.955 bits per heavy atom. The number of benzene rings is 4. The second kappa shape index (κ2) is 14.1. The van der Waals surface area contributed by atoms with Crippen LogP contribution in [0.2, 0.25) is 0 Å². The molecule has 44 heavy (non-hydrogen) atoms. The summed E-state index contributed by atoms with van der Waals surface area (Å²) in [5.74, 6) is -0.299. The molecule has 12 nitrogen and oxygen atoms in total. The first-order valence-corrected chi connectivity index (χ1v) is 14.3. The third-order valence-corrected chi connectivity index (χ3v) is 7.95. The van der Waals surface area contributed by atoms with Crippen LogP contribution in [0.1, 0.15) is 11.1 Å². The molecular weight excluding hydrogens is 595 g/mol. The van der Waals surface area contributed by atoms with Gasteiger partial charge in [-0.15, -0.1) is 0 Å². The summed E-state index contributed by atoms with van der Waals surface area (Å²) in [4.78, 5) is 22.9. The summed E-state index contributed by atoms with van der Waals surface area (Å²) < 4.78 is 57.7. The number of carbonyl (C=O) groups is 1. The summed E-state index contributed by atoms with van der Waals surface area (Å²) >= 11 is 0. The van der Waals surface area contributed by atoms with Crippen molar-refractivity contribution in [2.24, 2.45) is 5.10 Å². The Morgan fingerprint density at radius 2 is 1.61 bits per heavy atom. The molecule has 14 heteroatoms. The van der Waals surface area contributed by atoms with E-state index in [4.69, 9.17) is 14.2 Å². The molecule has 0 aliphatic heterocycles. The van der Waals surface area contributed by atoms with Crippen molar-refractivity contribution >= 4 is 33.5 Å². The molecule has 0 aliphatic carbocycles. The van der Waals surface area contributed by atoms with Crippen molar-refractivity contribution in [2.75, 3.05) is 25.1 Å². The highest BCUT2D eigenvalue weighted by Gasteiger charge is 2.28. The lowest BCUT2D eigenvalue weighted by Crippen LogP contribution is -2.39. The van der Waals surface area contributed by atoms with Crippen LogP contribution in [-0.4, -0.2) is 46.2 Å². The number of sulfonamides is 1. The van der Waals surface area contributed by atoms with Crippen LogP contribution in [0.4, 0.5) is 15.8 Å². The lowest BCUT2D eigenvalue weighted by Gasteiger charge is -2.24. The molecule has 1 amide bonds. The molecule has 0 heterocycles. The third kappa shape index (κ3) is 7.86. The number of carbonyl (C=O) groups excluding carboxylic acids is 1. The minimum absolute atomic E-state index is 0.00725. The van der Waals surface area contributed by atoms with Gasteiger partial charge in [0.2, 0.25) is 0 Å². The number of nitro groups is 1. The maximum absolute atomic E-state index is 13.6. The molecule has 228 valence electrons. The van der Waals surface area contributed by atoms with Gasteiger partial charge in [0.05, 0.1) is 35.9 Å². The molecule has 4 rings (SSSR count). The second-order valence-corrected chi connectivity index (χ2v) is 10.9. The minimum atomic E-state index is -4.31. The first-order valence-electron chi connectivity index (χ1n) is 12.9. The molecule has 0 radical (unpaired) electrons. The molecule has 0 fully saturated rings. The van der Waals surface area contributed by atoms with E-state index in [-0.39, 0.29) is 28.6 Å². The standard InChI is InChI=1S/C30H27FN4O8S/c1-41-28-16-15-27(17-29(28)42-2)44(39,40)34(24-11-7-23(31)8-12-24)19-30(36)33-32-18-21-5-13-26(14-6-21)43-20-22-3-9-25(10-4-22)35(37)38/h3-18H,19-20H2,1-2H3,(H,33,36)/b32-18-. The number of hydrogen-bond donors (Lipinski definition) is 1. The largest absolute Gasteiger partial charge is 0.493 e. The van der Waals surface area contributed by atoms with Gasteiger partial charge in [-0.3, -0.25) is 19.2 Å². The number of amides is 1. The Morgan fingerprint density at radius 3 is 2.23 bits per heavy atom. The van der Waals surface area contributed by atoms with Crippen molar-refractivity contribution in [2.45, 2.75) is 11.5 Å². The topological polar surface area (TPSA) is 150 Å². The molecule has 4 aromatic rings. The minimum Gasteiger partial charge on any atom is -0.493 e. The van der Waals surface area contributed by atoms with Crippen molar-refractivity contribution in [3.63, 3.8) is 0 Å². The number of nitrogens with zero attached hydrogens (tertiary/aromatic N) is 3. The maximum atomic E-state index is 13.6. The average molecular weight is 623 g/mol. The van der Waals surface area contributed by atoms with E-state index >= 15 is 0 Å². The van der Waals surface area contributed by atoms with Gasteiger partial charge in [-0.2, -0.15) is 5.10 Å². The Labute approximate surface area is 252 Å². The van der Waals surface area contributed by atoms with Gasteiger partial charge in [0, 0.05) is 18.2 Å². The van der Waals surface area contributed by atoms with Crippen LogP contribution in [-0.2, 0) is 21.4 Å². The SMILES string of the molecule is COc1ccc(S(=O)(=O)N(CC(=O)N/N=C\c2ccc(OCc3ccc([N+](=O)[O-])cc3)cc2)c2ccc(F)cc2)cc1OC. The van der Waals surface area contributed by atoms with E-state index < -0.39 is 33.2 Å². The first kappa shape index (κ1) is 31.4. The number of hydrogen-bond acceptors (Lipinski definition) is 9. The Hall–Kier alpha value is -5.50. The van der Waals surface area contributed by atoms with Gasteiger partial charge in [-0.25, -0.2) is 18.2 Å². The van der Waals surface area contributed by atoms with Gasteiger partial charge in [-0.1, -0.05) is 0 Å². The van der Waals surface area contributed by atoms with E-state index in [1.165, 1.54) is 62.9 Å². The molecule has 1 N–H and O–H groups in total. The highest BCUT2D eigenvalue weighted by Crippen LogP contribution is 2.32. The maximum Gasteiger partial charge on any atom is 0.269 e. The third-order valence-electron chi connectivity index (χ3n) is 6.18. The van der Waals surface area contributed by atoms with Crippen molar-refractivity contribution in [3.8, 4) is 17.2 Å². The predicted molar refractivity (Wildman–Crippen MR) is 160 cm³/mol. The highest BCUT2D eigenvalue weighted by molar-refractivity contribution is 7.92. The smallest absolute Gasteiger partial charge is 0.269 e. The van der Waals surface area contributed by atoms with Gasteiger partial charge in [-0.05, 0) is 83.9 Å². The summed E-state index contributed by atoms with van der Waals surface area (Å²) in [6.45, 7) is -0.451. The fraction of sp³-hybridized carbons (Fsp3) is 0.133. The van der Waals surface area contributed by atoms with Crippen molar-refractivity contribution in [1.82, 2.24) is 5.43 Å². The molecule has 0 saturated carbocycles. The number of hydrazone groups is 1. The Kier molecular flexibility index (Phi) is 10.1. The number of non-ortho nitro benzene ring substituents is 1. The Balaban J connectivity index is 1.41. The molecule has 0 aromatic heterocycles. The summed E-state index contributed by atoms with van der Waals surface area (Å²) in [6, 6.07) is 21.4. The van der Waals surface area contributed by atoms with Crippen LogP contribution in [0, 0.1) is 15.9 Å². The van der Waals surface area contributed by atoms with E-state index in [9.17, 15) is 27.7 Å². The van der Waals surface area contributed by atoms with Gasteiger partial charge in [0.15, 0.2) is 11.5 Å². The van der Waals surface area contributed by atoms with Crippen LogP contribution < -0.4 is 23.9 Å². The van der Waals surface area contributed by atoms with E-state index in [2.05, 4.69) is 10.5 Å². The number of nitro benzene ring substituents is 1. The summed E-state index contributed by atoms with van der Waals surface area (Å²) in [6.07, 6.45) is 1.36. The summed E-state index contributed by atoms with van der Waals surface area (Å²) in [5.41, 5.74) is 3.73. The summed E-state index contributed by atoms with van der Waals surface area (Å²) in [7, 11) is -1.54. The van der Waals surface area contributed by atoms with E-state index in [0.717, 1.165) is 22.0 Å². The van der Waals surface area contributed by atoms with Gasteiger partial charge in [0.1, 0.15) is 24.7 Å². The molecule has 0 bridgehead atoms. The molecule has 0 spiro atoms. The predicted octanol–water partition coefficient (Wildman–Crippen LogP) is 4.68. The van der Waals surface area contributed by atoms with Crippen LogP contribution in [0.5, 0.6) is 17.2 Å². The van der Waals surface area contributed by atoms with Crippen LogP contribution >= 0.6 is 0 Å². The molecule has 0 saturated heterocycles. The molecule has 4 aromatic carbocycles. The van der Waals surface area contributed by atoms with Gasteiger partial charge in [0.25, 0.3) is 21.6 Å². The number of ether oxygens (including phenoxy) is 3. The summed E-state index contributed by atoms with van der Waals surface area (Å²) in [5, 5.41) is 14.7. The van der Waals surface area contributed by atoms with E-state index in [0.29, 0.717) is 17.1 Å². The zero-order chi connectivity index (χ0) is 31.7. The molecular formula is C30H27FN4O8S. The lowest BCUT2D eigenvalue weighted by molar-refractivity contribution is -0.384. The van der Waals surface area contributed by atoms with E-state index in [1.807, 2.05) is 0 Å². The number of methoxy groups -OCH3 is 2. The molecule has 0 aliphatic rings. The fourth-order valence-corrected chi connectivity index (χ4v) is 5.34. The van der Waals surface area contributed by atoms with Crippen molar-refractivity contribution < 1.29 is 36.7 Å². The number of halogens is 1. The van der Waals surface area contributed by atoms with Crippen molar-refractivity contribution in [3.05, 3.63) is 118 Å². The second-order valence-electron chi connectivity index (χ2n) is 9.08. The van der Waals surface area contributed by atoms with E-state index in [1.54, 1.807) is 36.4 Å². The monoisotopic (exact) mass is 622 g/mol. The molecule has 0 unspecified atom stereocenters. The van der Waals surface area contributed by atoms with Crippen LogP contribution in [0.25, 0.3) is 0 Å².